The lowest BCUT2D eigenvalue weighted by Gasteiger charge is -2.10. The van der Waals surface area contributed by atoms with Crippen molar-refractivity contribution < 1.29 is 9.53 Å². The Balaban J connectivity index is 2.43. The molecule has 0 saturated carbocycles. The van der Waals surface area contributed by atoms with Gasteiger partial charge in [-0.05, 0) is 37.6 Å². The fraction of sp³-hybridized carbons (Fsp3) is 0.188. The first-order chi connectivity index (χ1) is 11.0. The average molecular weight is 332 g/mol. The second-order valence-electron chi connectivity index (χ2n) is 4.94. The number of fused-ring (bicyclic) bond motifs is 1. The number of nitrogens with zero attached hydrogens (tertiary/aromatic N) is 2. The highest BCUT2D eigenvalue weighted by molar-refractivity contribution is 6.30. The molecule has 0 aliphatic heterocycles. The lowest BCUT2D eigenvalue weighted by Crippen LogP contribution is -2.12. The molecule has 0 aliphatic carbocycles. The molecule has 0 aliphatic rings. The number of halogens is 1. The Hall–Kier alpha value is -2.60. The van der Waals surface area contributed by atoms with Crippen LogP contribution in [0.1, 0.15) is 23.0 Å². The molecule has 0 unspecified atom stereocenters. The molecule has 0 fully saturated rings. The summed E-state index contributed by atoms with van der Waals surface area (Å²) >= 11 is 6.06. The number of rotatable bonds is 3. The minimum absolute atomic E-state index is 0.235. The molecule has 0 saturated heterocycles. The fourth-order valence-corrected chi connectivity index (χ4v) is 2.78. The van der Waals surface area contributed by atoms with E-state index in [4.69, 9.17) is 16.3 Å². The highest BCUT2D eigenvalue weighted by atomic mass is 35.5. The number of aromatic nitrogens is 3. The van der Waals surface area contributed by atoms with Gasteiger partial charge in [-0.2, -0.15) is 0 Å². The van der Waals surface area contributed by atoms with Crippen molar-refractivity contribution in [3.05, 3.63) is 57.2 Å². The lowest BCUT2D eigenvalue weighted by molar-refractivity contribution is 0.0516. The van der Waals surface area contributed by atoms with E-state index in [1.165, 1.54) is 6.33 Å². The second kappa shape index (κ2) is 5.89. The number of hydrogen-bond acceptors (Lipinski definition) is 4. The Labute approximate surface area is 136 Å². The van der Waals surface area contributed by atoms with Crippen LogP contribution in [0.25, 0.3) is 16.7 Å². The molecule has 0 radical (unpaired) electrons. The molecular weight excluding hydrogens is 318 g/mol. The van der Waals surface area contributed by atoms with Gasteiger partial charge in [0.25, 0.3) is 5.56 Å². The van der Waals surface area contributed by atoms with Crippen LogP contribution in [0.15, 0.2) is 35.4 Å². The zero-order valence-electron chi connectivity index (χ0n) is 12.6. The predicted octanol–water partition coefficient (Wildman–Crippen LogP) is 2.85. The third kappa shape index (κ3) is 2.51. The van der Waals surface area contributed by atoms with Crippen molar-refractivity contribution in [2.24, 2.45) is 0 Å². The maximum Gasteiger partial charge on any atom is 0.355 e. The summed E-state index contributed by atoms with van der Waals surface area (Å²) in [4.78, 5) is 31.3. The van der Waals surface area contributed by atoms with E-state index in [9.17, 15) is 9.59 Å². The number of esters is 1. The summed E-state index contributed by atoms with van der Waals surface area (Å²) < 4.78 is 6.74. The molecule has 7 heteroatoms. The van der Waals surface area contributed by atoms with E-state index in [0.29, 0.717) is 27.3 Å². The van der Waals surface area contributed by atoms with Gasteiger partial charge < -0.3 is 9.72 Å². The van der Waals surface area contributed by atoms with Gasteiger partial charge in [-0.3, -0.25) is 9.36 Å². The zero-order valence-corrected chi connectivity index (χ0v) is 13.3. The van der Waals surface area contributed by atoms with E-state index in [0.717, 1.165) is 0 Å². The molecular formula is C16H14ClN3O3. The van der Waals surface area contributed by atoms with Gasteiger partial charge in [0, 0.05) is 10.7 Å². The van der Waals surface area contributed by atoms with E-state index in [2.05, 4.69) is 9.97 Å². The number of carbonyl (C=O) groups excluding carboxylic acids is 1. The summed E-state index contributed by atoms with van der Waals surface area (Å²) in [5.74, 6) is -0.512. The number of nitrogens with one attached hydrogen (secondary N) is 1. The van der Waals surface area contributed by atoms with Gasteiger partial charge in [0.2, 0.25) is 0 Å². The molecule has 3 aromatic rings. The lowest BCUT2D eigenvalue weighted by atomic mass is 10.2. The zero-order chi connectivity index (χ0) is 16.6. The number of benzene rings is 1. The number of carbonyl (C=O) groups is 1. The van der Waals surface area contributed by atoms with Crippen molar-refractivity contribution >= 4 is 28.6 Å². The summed E-state index contributed by atoms with van der Waals surface area (Å²) in [5, 5.41) is 0.872. The molecule has 23 heavy (non-hydrogen) atoms. The predicted molar refractivity (Wildman–Crippen MR) is 87.4 cm³/mol. The molecule has 1 N–H and O–H groups in total. The minimum atomic E-state index is -0.512. The van der Waals surface area contributed by atoms with Crippen molar-refractivity contribution in [1.82, 2.24) is 14.5 Å². The normalized spacial score (nSPS) is 10.9. The largest absolute Gasteiger partial charge is 0.461 e. The van der Waals surface area contributed by atoms with Gasteiger partial charge in [0.05, 0.1) is 18.3 Å². The van der Waals surface area contributed by atoms with Gasteiger partial charge in [0.1, 0.15) is 5.69 Å². The van der Waals surface area contributed by atoms with Gasteiger partial charge >= 0.3 is 5.97 Å². The highest BCUT2D eigenvalue weighted by Crippen LogP contribution is 2.27. The van der Waals surface area contributed by atoms with Crippen molar-refractivity contribution in [1.29, 1.82) is 0 Å². The fourth-order valence-electron chi connectivity index (χ4n) is 2.60. The number of hydrogen-bond donors (Lipinski definition) is 1. The third-order valence-electron chi connectivity index (χ3n) is 3.53. The number of aryl methyl sites for hydroxylation is 1. The van der Waals surface area contributed by atoms with Gasteiger partial charge in [-0.15, -0.1) is 0 Å². The number of H-pyrrole nitrogens is 1. The Morgan fingerprint density at radius 3 is 2.91 bits per heavy atom. The molecule has 118 valence electrons. The van der Waals surface area contributed by atoms with Crippen LogP contribution in [-0.4, -0.2) is 27.1 Å². The second-order valence-corrected chi connectivity index (χ2v) is 5.38. The van der Waals surface area contributed by atoms with Gasteiger partial charge in [-0.1, -0.05) is 17.7 Å². The Morgan fingerprint density at radius 1 is 1.43 bits per heavy atom. The van der Waals surface area contributed by atoms with Crippen LogP contribution in [-0.2, 0) is 4.74 Å². The van der Waals surface area contributed by atoms with Crippen LogP contribution in [0.5, 0.6) is 0 Å². The quantitative estimate of drug-likeness (QED) is 0.749. The maximum atomic E-state index is 12.4. The molecule has 2 heterocycles. The van der Waals surface area contributed by atoms with Crippen LogP contribution in [0.4, 0.5) is 0 Å². The summed E-state index contributed by atoms with van der Waals surface area (Å²) in [6.45, 7) is 3.66. The van der Waals surface area contributed by atoms with Crippen LogP contribution < -0.4 is 5.56 Å². The van der Waals surface area contributed by atoms with Gasteiger partial charge in [-0.25, -0.2) is 9.78 Å². The van der Waals surface area contributed by atoms with Crippen LogP contribution in [0.2, 0.25) is 5.02 Å². The maximum absolute atomic E-state index is 12.4. The van der Waals surface area contributed by atoms with Crippen molar-refractivity contribution in [2.45, 2.75) is 13.8 Å². The highest BCUT2D eigenvalue weighted by Gasteiger charge is 2.24. The van der Waals surface area contributed by atoms with Crippen molar-refractivity contribution in [2.75, 3.05) is 6.61 Å². The summed E-state index contributed by atoms with van der Waals surface area (Å²) in [6, 6.07) is 6.98. The van der Waals surface area contributed by atoms with Crippen LogP contribution >= 0.6 is 11.6 Å². The van der Waals surface area contributed by atoms with E-state index in [-0.39, 0.29) is 17.9 Å². The van der Waals surface area contributed by atoms with E-state index in [1.807, 2.05) is 0 Å². The first-order valence-electron chi connectivity index (χ1n) is 7.06. The molecule has 2 aromatic heterocycles. The summed E-state index contributed by atoms with van der Waals surface area (Å²) in [7, 11) is 0. The minimum Gasteiger partial charge on any atom is -0.461 e. The average Bonchev–Trinajstić information content (AvgIpc) is 2.82. The standard InChI is InChI=1S/C16H14ClN3O3/c1-3-23-16(22)13-9(2)12-14(18-8-19-15(12)21)20(13)11-6-4-5-10(17)7-11/h4-8H,3H2,1-2H3,(H,18,19,21). The number of aromatic amines is 1. The summed E-state index contributed by atoms with van der Waals surface area (Å²) in [5.41, 5.74) is 1.51. The van der Waals surface area contributed by atoms with Crippen molar-refractivity contribution in [3.8, 4) is 5.69 Å². The molecule has 6 nitrogen and oxygen atoms in total. The van der Waals surface area contributed by atoms with E-state index >= 15 is 0 Å². The van der Waals surface area contributed by atoms with Crippen LogP contribution in [0.3, 0.4) is 0 Å². The Kier molecular flexibility index (Phi) is 3.92. The Morgan fingerprint density at radius 2 is 2.22 bits per heavy atom. The Bertz CT molecular complexity index is 959. The summed E-state index contributed by atoms with van der Waals surface area (Å²) in [6.07, 6.45) is 1.31. The van der Waals surface area contributed by atoms with Crippen LogP contribution in [0, 0.1) is 6.92 Å². The number of ether oxygens (including phenoxy) is 1. The topological polar surface area (TPSA) is 77.0 Å². The monoisotopic (exact) mass is 331 g/mol. The SMILES string of the molecule is CCOC(=O)c1c(C)c2c(=O)[nH]cnc2n1-c1cccc(Cl)c1. The van der Waals surface area contributed by atoms with Gasteiger partial charge in [0.15, 0.2) is 5.65 Å². The molecule has 3 rings (SSSR count). The van der Waals surface area contributed by atoms with Crippen molar-refractivity contribution in [3.63, 3.8) is 0 Å². The third-order valence-corrected chi connectivity index (χ3v) is 3.77. The molecule has 0 atom stereocenters. The molecule has 0 bridgehead atoms. The first-order valence-corrected chi connectivity index (χ1v) is 7.44. The van der Waals surface area contributed by atoms with E-state index < -0.39 is 5.97 Å². The molecule has 0 spiro atoms. The van der Waals surface area contributed by atoms with E-state index in [1.54, 1.807) is 42.7 Å². The first kappa shape index (κ1) is 15.3. The molecule has 1 aromatic carbocycles. The smallest absolute Gasteiger partial charge is 0.355 e. The molecule has 0 amide bonds.